The molecule has 20 heavy (non-hydrogen) atoms. The van der Waals surface area contributed by atoms with Gasteiger partial charge in [0.25, 0.3) is 5.56 Å². The number of carbonyl (C=O) groups excluding carboxylic acids is 1. The van der Waals surface area contributed by atoms with Crippen LogP contribution in [0.5, 0.6) is 0 Å². The number of aliphatic hydroxyl groups is 1. The summed E-state index contributed by atoms with van der Waals surface area (Å²) in [5.41, 5.74) is -1.12. The number of aromatic amines is 2. The highest BCUT2D eigenvalue weighted by molar-refractivity contribution is 5.76. The lowest BCUT2D eigenvalue weighted by Gasteiger charge is -2.25. The molecule has 7 heteroatoms. The van der Waals surface area contributed by atoms with Crippen molar-refractivity contribution in [3.63, 3.8) is 0 Å². The van der Waals surface area contributed by atoms with Crippen LogP contribution in [0.1, 0.15) is 31.5 Å². The minimum absolute atomic E-state index is 0.141. The van der Waals surface area contributed by atoms with Crippen molar-refractivity contribution in [2.45, 2.75) is 39.2 Å². The van der Waals surface area contributed by atoms with Crippen molar-refractivity contribution in [3.05, 3.63) is 32.1 Å². The molecule has 1 aromatic rings. The van der Waals surface area contributed by atoms with E-state index in [-0.39, 0.29) is 25.3 Å². The zero-order chi connectivity index (χ0) is 15.5. The van der Waals surface area contributed by atoms with Gasteiger partial charge in [0, 0.05) is 31.3 Å². The van der Waals surface area contributed by atoms with Crippen LogP contribution in [0.4, 0.5) is 0 Å². The molecule has 0 atom stereocenters. The van der Waals surface area contributed by atoms with E-state index >= 15 is 0 Å². The first-order chi connectivity index (χ1) is 9.10. The Balaban J connectivity index is 2.71. The van der Waals surface area contributed by atoms with Crippen molar-refractivity contribution in [3.8, 4) is 0 Å². The van der Waals surface area contributed by atoms with Crippen molar-refractivity contribution in [2.24, 2.45) is 0 Å². The van der Waals surface area contributed by atoms with E-state index in [2.05, 4.69) is 9.97 Å². The van der Waals surface area contributed by atoms with Gasteiger partial charge in [-0.1, -0.05) is 0 Å². The average molecular weight is 283 g/mol. The molecule has 0 unspecified atom stereocenters. The monoisotopic (exact) mass is 283 g/mol. The van der Waals surface area contributed by atoms with Crippen molar-refractivity contribution in [1.82, 2.24) is 14.9 Å². The summed E-state index contributed by atoms with van der Waals surface area (Å²) >= 11 is 0. The lowest BCUT2D eigenvalue weighted by atomic mass is 10.1. The minimum Gasteiger partial charge on any atom is -0.389 e. The fourth-order valence-electron chi connectivity index (χ4n) is 2.02. The number of nitrogens with zero attached hydrogens (tertiary/aromatic N) is 1. The molecule has 7 nitrogen and oxygen atoms in total. The Hall–Kier alpha value is -1.89. The Labute approximate surface area is 116 Å². The second-order valence-corrected chi connectivity index (χ2v) is 5.57. The Kier molecular flexibility index (Phi) is 4.88. The predicted molar refractivity (Wildman–Crippen MR) is 74.7 cm³/mol. The average Bonchev–Trinajstić information content (AvgIpc) is 2.24. The van der Waals surface area contributed by atoms with Gasteiger partial charge in [0.15, 0.2) is 0 Å². The van der Waals surface area contributed by atoms with Crippen LogP contribution in [0.25, 0.3) is 0 Å². The third-order valence-electron chi connectivity index (χ3n) is 2.89. The van der Waals surface area contributed by atoms with E-state index in [1.165, 1.54) is 4.90 Å². The van der Waals surface area contributed by atoms with Gasteiger partial charge < -0.3 is 15.0 Å². The molecule has 1 rings (SSSR count). The van der Waals surface area contributed by atoms with E-state index in [1.807, 2.05) is 0 Å². The molecule has 0 fully saturated rings. The van der Waals surface area contributed by atoms with Gasteiger partial charge in [-0.05, 0) is 27.2 Å². The molecular weight excluding hydrogens is 262 g/mol. The van der Waals surface area contributed by atoms with Crippen molar-refractivity contribution in [2.75, 3.05) is 13.6 Å². The Morgan fingerprint density at radius 2 is 1.90 bits per heavy atom. The summed E-state index contributed by atoms with van der Waals surface area (Å²) in [7, 11) is 1.60. The Bertz CT molecular complexity index is 595. The van der Waals surface area contributed by atoms with Gasteiger partial charge in [-0.25, -0.2) is 4.79 Å². The summed E-state index contributed by atoms with van der Waals surface area (Å²) in [6, 6.07) is 0. The van der Waals surface area contributed by atoms with Crippen LogP contribution >= 0.6 is 0 Å². The fraction of sp³-hybridized carbons (Fsp3) is 0.615. The fourth-order valence-corrected chi connectivity index (χ4v) is 2.02. The van der Waals surface area contributed by atoms with E-state index in [9.17, 15) is 19.5 Å². The molecular formula is C13H21N3O4. The summed E-state index contributed by atoms with van der Waals surface area (Å²) in [6.07, 6.45) is 0.384. The first-order valence-corrected chi connectivity index (χ1v) is 6.38. The van der Waals surface area contributed by atoms with Gasteiger partial charge in [-0.2, -0.15) is 0 Å². The second kappa shape index (κ2) is 6.04. The number of nitrogens with one attached hydrogen (secondary N) is 2. The number of aryl methyl sites for hydroxylation is 1. The van der Waals surface area contributed by atoms with Crippen molar-refractivity contribution < 1.29 is 9.90 Å². The standard InChI is InChI=1S/C13H21N3O4/c1-8-9(11(18)15-12(19)14-8)5-6-10(17)16(4)7-13(2,3)20/h20H,5-7H2,1-4H3,(H2,14,15,18,19). The molecule has 112 valence electrons. The Morgan fingerprint density at radius 3 is 2.40 bits per heavy atom. The molecule has 0 saturated carbocycles. The molecule has 0 aliphatic carbocycles. The van der Waals surface area contributed by atoms with Crippen LogP contribution in [0, 0.1) is 6.92 Å². The summed E-state index contributed by atoms with van der Waals surface area (Å²) in [5, 5.41) is 9.65. The first-order valence-electron chi connectivity index (χ1n) is 6.38. The van der Waals surface area contributed by atoms with Gasteiger partial charge in [0.2, 0.25) is 5.91 Å². The summed E-state index contributed by atoms with van der Waals surface area (Å²) in [6.45, 7) is 5.07. The quantitative estimate of drug-likeness (QED) is 0.679. The predicted octanol–water partition coefficient (Wildman–Crippen LogP) is -0.466. The molecule has 0 bridgehead atoms. The maximum Gasteiger partial charge on any atom is 0.325 e. The van der Waals surface area contributed by atoms with Crippen LogP contribution < -0.4 is 11.2 Å². The maximum absolute atomic E-state index is 11.9. The third-order valence-corrected chi connectivity index (χ3v) is 2.89. The highest BCUT2D eigenvalue weighted by Gasteiger charge is 2.19. The molecule has 1 aromatic heterocycles. The topological polar surface area (TPSA) is 106 Å². The SMILES string of the molecule is Cc1[nH]c(=O)[nH]c(=O)c1CCC(=O)N(C)CC(C)(C)O. The smallest absolute Gasteiger partial charge is 0.325 e. The molecule has 0 aliphatic rings. The molecule has 0 radical (unpaired) electrons. The highest BCUT2D eigenvalue weighted by Crippen LogP contribution is 2.06. The molecule has 0 saturated heterocycles. The van der Waals surface area contributed by atoms with E-state index in [0.29, 0.717) is 11.3 Å². The highest BCUT2D eigenvalue weighted by atomic mass is 16.3. The lowest BCUT2D eigenvalue weighted by Crippen LogP contribution is -2.40. The summed E-state index contributed by atoms with van der Waals surface area (Å²) < 4.78 is 0. The molecule has 1 amide bonds. The number of likely N-dealkylation sites (N-methyl/N-ethyl adjacent to an activating group) is 1. The number of carbonyl (C=O) groups is 1. The van der Waals surface area contributed by atoms with Crippen LogP contribution in [-0.2, 0) is 11.2 Å². The number of amides is 1. The number of hydrogen-bond donors (Lipinski definition) is 3. The van der Waals surface area contributed by atoms with Gasteiger partial charge in [0.1, 0.15) is 0 Å². The summed E-state index contributed by atoms with van der Waals surface area (Å²) in [5.74, 6) is -0.169. The van der Waals surface area contributed by atoms with Crippen LogP contribution in [-0.4, -0.2) is 45.1 Å². The molecule has 0 aromatic carbocycles. The number of hydrogen-bond acceptors (Lipinski definition) is 4. The second-order valence-electron chi connectivity index (χ2n) is 5.57. The van der Waals surface area contributed by atoms with E-state index in [4.69, 9.17) is 0 Å². The van der Waals surface area contributed by atoms with Gasteiger partial charge >= 0.3 is 5.69 Å². The molecule has 0 aliphatic heterocycles. The van der Waals surface area contributed by atoms with Crippen molar-refractivity contribution >= 4 is 5.91 Å². The summed E-state index contributed by atoms with van der Waals surface area (Å²) in [4.78, 5) is 40.7. The number of aromatic nitrogens is 2. The molecule has 0 spiro atoms. The van der Waals surface area contributed by atoms with Gasteiger partial charge in [-0.15, -0.1) is 0 Å². The van der Waals surface area contributed by atoms with Crippen molar-refractivity contribution in [1.29, 1.82) is 0 Å². The van der Waals surface area contributed by atoms with Crippen LogP contribution in [0.3, 0.4) is 0 Å². The normalized spacial score (nSPS) is 11.4. The maximum atomic E-state index is 11.9. The van der Waals surface area contributed by atoms with Gasteiger partial charge in [0.05, 0.1) is 5.60 Å². The largest absolute Gasteiger partial charge is 0.389 e. The zero-order valence-electron chi connectivity index (χ0n) is 12.2. The third kappa shape index (κ3) is 4.65. The van der Waals surface area contributed by atoms with E-state index in [0.717, 1.165) is 0 Å². The minimum atomic E-state index is -0.963. The van der Waals surface area contributed by atoms with E-state index < -0.39 is 16.9 Å². The molecule has 3 N–H and O–H groups in total. The Morgan fingerprint density at radius 1 is 1.30 bits per heavy atom. The molecule has 1 heterocycles. The first kappa shape index (κ1) is 16.2. The van der Waals surface area contributed by atoms with E-state index in [1.54, 1.807) is 27.8 Å². The van der Waals surface area contributed by atoms with Gasteiger partial charge in [-0.3, -0.25) is 14.6 Å². The van der Waals surface area contributed by atoms with Crippen LogP contribution in [0.15, 0.2) is 9.59 Å². The number of H-pyrrole nitrogens is 2. The number of rotatable bonds is 5. The lowest BCUT2D eigenvalue weighted by molar-refractivity contribution is -0.132. The van der Waals surface area contributed by atoms with Crippen LogP contribution in [0.2, 0.25) is 0 Å². The zero-order valence-corrected chi connectivity index (χ0v) is 12.2.